The van der Waals surface area contributed by atoms with Gasteiger partial charge in [0.05, 0.1) is 17.5 Å². The Labute approximate surface area is 145 Å². The zero-order valence-electron chi connectivity index (χ0n) is 13.4. The van der Waals surface area contributed by atoms with Gasteiger partial charge in [0.2, 0.25) is 0 Å². The summed E-state index contributed by atoms with van der Waals surface area (Å²) < 4.78 is 31.2. The van der Waals surface area contributed by atoms with Gasteiger partial charge in [0, 0.05) is 25.9 Å². The number of hydrogen-bond donors (Lipinski definition) is 1. The van der Waals surface area contributed by atoms with Crippen molar-refractivity contribution in [2.45, 2.75) is 19.4 Å². The molecule has 1 atom stereocenters. The van der Waals surface area contributed by atoms with Crippen LogP contribution in [0.25, 0.3) is 11.0 Å². The standard InChI is InChI=1S/C15H20N4O3S2/c1-24(21,22)10-12-3-2-6-19(9-12)15(20)16-8-11-4-5-13-14(7-11)18-23-17-13/h4-5,7,12H,2-3,6,8-10H2,1H3,(H,16,20)/t12-/m0/s1. The molecular formula is C15H20N4O3S2. The Morgan fingerprint density at radius 2 is 2.17 bits per heavy atom. The first-order valence-corrected chi connectivity index (χ1v) is 10.6. The Morgan fingerprint density at radius 1 is 1.38 bits per heavy atom. The van der Waals surface area contributed by atoms with Crippen molar-refractivity contribution in [2.75, 3.05) is 25.1 Å². The van der Waals surface area contributed by atoms with Crippen LogP contribution in [-0.4, -0.2) is 53.2 Å². The molecule has 0 spiro atoms. The maximum Gasteiger partial charge on any atom is 0.317 e. The topological polar surface area (TPSA) is 92.3 Å². The van der Waals surface area contributed by atoms with Gasteiger partial charge in [-0.3, -0.25) is 0 Å². The number of piperidine rings is 1. The molecule has 0 radical (unpaired) electrons. The summed E-state index contributed by atoms with van der Waals surface area (Å²) in [6.07, 6.45) is 2.93. The van der Waals surface area contributed by atoms with Gasteiger partial charge in [-0.2, -0.15) is 8.75 Å². The summed E-state index contributed by atoms with van der Waals surface area (Å²) in [4.78, 5) is 14.0. The minimum Gasteiger partial charge on any atom is -0.334 e. The highest BCUT2D eigenvalue weighted by atomic mass is 32.2. The van der Waals surface area contributed by atoms with Crippen LogP contribution < -0.4 is 5.32 Å². The molecule has 1 saturated heterocycles. The second-order valence-corrected chi connectivity index (χ2v) is 9.01. The molecular weight excluding hydrogens is 348 g/mol. The van der Waals surface area contributed by atoms with Gasteiger partial charge in [-0.1, -0.05) is 6.07 Å². The number of nitrogens with zero attached hydrogens (tertiary/aromatic N) is 3. The summed E-state index contributed by atoms with van der Waals surface area (Å²) in [7, 11) is -3.01. The lowest BCUT2D eigenvalue weighted by atomic mass is 10.0. The van der Waals surface area contributed by atoms with Crippen molar-refractivity contribution in [2.24, 2.45) is 5.92 Å². The zero-order chi connectivity index (χ0) is 17.2. The summed E-state index contributed by atoms with van der Waals surface area (Å²) in [6, 6.07) is 5.59. The van der Waals surface area contributed by atoms with Crippen molar-refractivity contribution in [3.8, 4) is 0 Å². The van der Waals surface area contributed by atoms with E-state index in [0.717, 1.165) is 29.4 Å². The molecule has 1 aliphatic heterocycles. The van der Waals surface area contributed by atoms with E-state index in [2.05, 4.69) is 14.1 Å². The molecule has 1 N–H and O–H groups in total. The normalized spacial score (nSPS) is 18.7. The predicted molar refractivity (Wildman–Crippen MR) is 93.7 cm³/mol. The van der Waals surface area contributed by atoms with E-state index in [1.165, 1.54) is 18.0 Å². The number of amides is 2. The number of carbonyl (C=O) groups is 1. The van der Waals surface area contributed by atoms with E-state index in [9.17, 15) is 13.2 Å². The molecule has 2 heterocycles. The first kappa shape index (κ1) is 17.1. The third-order valence-corrected chi connectivity index (χ3v) is 5.74. The molecule has 130 valence electrons. The number of urea groups is 1. The lowest BCUT2D eigenvalue weighted by Crippen LogP contribution is -2.46. The molecule has 0 aliphatic carbocycles. The average molecular weight is 368 g/mol. The molecule has 0 unspecified atom stereocenters. The van der Waals surface area contributed by atoms with Crippen LogP contribution in [0.3, 0.4) is 0 Å². The van der Waals surface area contributed by atoms with Crippen molar-refractivity contribution >= 4 is 38.6 Å². The van der Waals surface area contributed by atoms with Crippen LogP contribution >= 0.6 is 11.7 Å². The lowest BCUT2D eigenvalue weighted by molar-refractivity contribution is 0.170. The highest BCUT2D eigenvalue weighted by Crippen LogP contribution is 2.18. The van der Waals surface area contributed by atoms with Crippen LogP contribution in [0.1, 0.15) is 18.4 Å². The largest absolute Gasteiger partial charge is 0.334 e. The number of hydrogen-bond acceptors (Lipinski definition) is 6. The van der Waals surface area contributed by atoms with Crippen LogP contribution in [0.4, 0.5) is 4.79 Å². The van der Waals surface area contributed by atoms with E-state index in [-0.39, 0.29) is 17.7 Å². The van der Waals surface area contributed by atoms with Crippen molar-refractivity contribution in [3.05, 3.63) is 23.8 Å². The Balaban J connectivity index is 1.56. The van der Waals surface area contributed by atoms with E-state index in [1.807, 2.05) is 18.2 Å². The van der Waals surface area contributed by atoms with Gasteiger partial charge in [0.25, 0.3) is 0 Å². The monoisotopic (exact) mass is 368 g/mol. The quantitative estimate of drug-likeness (QED) is 0.886. The maximum atomic E-state index is 12.3. The summed E-state index contributed by atoms with van der Waals surface area (Å²) >= 11 is 1.17. The van der Waals surface area contributed by atoms with Crippen LogP contribution in [-0.2, 0) is 16.4 Å². The van der Waals surface area contributed by atoms with Crippen LogP contribution in [0.15, 0.2) is 18.2 Å². The Bertz CT molecular complexity index is 834. The average Bonchev–Trinajstić information content (AvgIpc) is 2.98. The number of likely N-dealkylation sites (tertiary alicyclic amines) is 1. The summed E-state index contributed by atoms with van der Waals surface area (Å²) in [6.45, 7) is 1.58. The number of nitrogens with one attached hydrogen (secondary N) is 1. The molecule has 1 fully saturated rings. The second-order valence-electron chi connectivity index (χ2n) is 6.29. The maximum absolute atomic E-state index is 12.3. The minimum absolute atomic E-state index is 0.0249. The first-order valence-electron chi connectivity index (χ1n) is 7.82. The molecule has 3 rings (SSSR count). The van der Waals surface area contributed by atoms with Crippen molar-refractivity contribution in [1.29, 1.82) is 0 Å². The fourth-order valence-corrected chi connectivity index (χ4v) is 4.69. The number of sulfone groups is 1. The van der Waals surface area contributed by atoms with E-state index >= 15 is 0 Å². The Kier molecular flexibility index (Phi) is 5.00. The highest BCUT2D eigenvalue weighted by molar-refractivity contribution is 7.90. The third kappa shape index (κ3) is 4.41. The third-order valence-electron chi connectivity index (χ3n) is 4.11. The number of rotatable bonds is 4. The van der Waals surface area contributed by atoms with E-state index in [1.54, 1.807) is 4.90 Å². The molecule has 24 heavy (non-hydrogen) atoms. The van der Waals surface area contributed by atoms with E-state index < -0.39 is 9.84 Å². The van der Waals surface area contributed by atoms with Crippen molar-refractivity contribution in [3.63, 3.8) is 0 Å². The van der Waals surface area contributed by atoms with Crippen LogP contribution in [0.2, 0.25) is 0 Å². The molecule has 2 aromatic rings. The summed E-state index contributed by atoms with van der Waals surface area (Å²) in [5, 5.41) is 2.90. The Hall–Kier alpha value is -1.74. The van der Waals surface area contributed by atoms with Gasteiger partial charge < -0.3 is 10.2 Å². The number of aromatic nitrogens is 2. The molecule has 2 amide bonds. The smallest absolute Gasteiger partial charge is 0.317 e. The lowest BCUT2D eigenvalue weighted by Gasteiger charge is -2.32. The number of benzene rings is 1. The molecule has 0 saturated carbocycles. The molecule has 1 aromatic carbocycles. The molecule has 1 aliphatic rings. The Morgan fingerprint density at radius 3 is 2.96 bits per heavy atom. The fraction of sp³-hybridized carbons (Fsp3) is 0.533. The van der Waals surface area contributed by atoms with Gasteiger partial charge in [0.1, 0.15) is 20.9 Å². The van der Waals surface area contributed by atoms with Gasteiger partial charge >= 0.3 is 6.03 Å². The van der Waals surface area contributed by atoms with Gasteiger partial charge in [0.15, 0.2) is 0 Å². The van der Waals surface area contributed by atoms with E-state index in [4.69, 9.17) is 0 Å². The SMILES string of the molecule is CS(=O)(=O)C[C@H]1CCCN(C(=O)NCc2ccc3nsnc3c2)C1. The van der Waals surface area contributed by atoms with Crippen LogP contribution in [0, 0.1) is 5.92 Å². The van der Waals surface area contributed by atoms with E-state index in [0.29, 0.717) is 19.6 Å². The summed E-state index contributed by atoms with van der Waals surface area (Å²) in [5.74, 6) is 0.168. The fourth-order valence-electron chi connectivity index (χ4n) is 3.04. The van der Waals surface area contributed by atoms with Crippen molar-refractivity contribution in [1.82, 2.24) is 19.0 Å². The molecule has 7 nitrogen and oxygen atoms in total. The van der Waals surface area contributed by atoms with Gasteiger partial charge in [-0.15, -0.1) is 0 Å². The zero-order valence-corrected chi connectivity index (χ0v) is 15.1. The first-order chi connectivity index (χ1) is 11.4. The number of fused-ring (bicyclic) bond motifs is 1. The highest BCUT2D eigenvalue weighted by Gasteiger charge is 2.25. The molecule has 9 heteroatoms. The second kappa shape index (κ2) is 7.02. The van der Waals surface area contributed by atoms with Crippen molar-refractivity contribution < 1.29 is 13.2 Å². The van der Waals surface area contributed by atoms with Gasteiger partial charge in [-0.05, 0) is 36.5 Å². The molecule has 0 bridgehead atoms. The predicted octanol–water partition coefficient (Wildman–Crippen LogP) is 1.66. The minimum atomic E-state index is -3.01. The van der Waals surface area contributed by atoms with Crippen LogP contribution in [0.5, 0.6) is 0 Å². The van der Waals surface area contributed by atoms with Gasteiger partial charge in [-0.25, -0.2) is 13.2 Å². The summed E-state index contributed by atoms with van der Waals surface area (Å²) in [5.41, 5.74) is 2.65. The molecule has 1 aromatic heterocycles. The number of carbonyl (C=O) groups excluding carboxylic acids is 1.